The zero-order valence-electron chi connectivity index (χ0n) is 15.3. The highest BCUT2D eigenvalue weighted by molar-refractivity contribution is 5.95. The molecule has 0 unspecified atom stereocenters. The number of ether oxygens (including phenoxy) is 2. The summed E-state index contributed by atoms with van der Waals surface area (Å²) in [5, 5.41) is 6.68. The van der Waals surface area contributed by atoms with Crippen LogP contribution in [0.4, 0.5) is 0 Å². The quantitative estimate of drug-likeness (QED) is 0.659. The Kier molecular flexibility index (Phi) is 6.04. The van der Waals surface area contributed by atoms with Crippen molar-refractivity contribution in [3.8, 4) is 11.5 Å². The minimum Gasteiger partial charge on any atom is -0.497 e. The maximum absolute atomic E-state index is 12.4. The number of nitrogens with zero attached hydrogens (tertiary/aromatic N) is 2. The van der Waals surface area contributed by atoms with E-state index in [1.54, 1.807) is 18.2 Å². The molecule has 27 heavy (non-hydrogen) atoms. The third-order valence-corrected chi connectivity index (χ3v) is 4.00. The average Bonchev–Trinajstić information content (AvgIpc) is 3.18. The first kappa shape index (κ1) is 18.4. The molecule has 0 aliphatic rings. The predicted octanol–water partition coefficient (Wildman–Crippen LogP) is 2.80. The Labute approximate surface area is 157 Å². The van der Waals surface area contributed by atoms with Gasteiger partial charge in [-0.05, 0) is 24.1 Å². The average molecular weight is 367 g/mol. The molecule has 140 valence electrons. The van der Waals surface area contributed by atoms with E-state index in [0.29, 0.717) is 35.2 Å². The lowest BCUT2D eigenvalue weighted by atomic mass is 10.1. The van der Waals surface area contributed by atoms with Crippen LogP contribution in [0.3, 0.4) is 0 Å². The number of carbonyl (C=O) groups is 1. The second-order valence-corrected chi connectivity index (χ2v) is 5.87. The van der Waals surface area contributed by atoms with Gasteiger partial charge in [0, 0.05) is 18.1 Å². The largest absolute Gasteiger partial charge is 0.497 e. The molecule has 0 radical (unpaired) electrons. The summed E-state index contributed by atoms with van der Waals surface area (Å²) in [5.41, 5.74) is 1.64. The Hall–Kier alpha value is -3.35. The summed E-state index contributed by atoms with van der Waals surface area (Å²) in [5.74, 6) is 1.79. The first-order valence-corrected chi connectivity index (χ1v) is 8.54. The van der Waals surface area contributed by atoms with Gasteiger partial charge in [-0.3, -0.25) is 4.79 Å². The van der Waals surface area contributed by atoms with Crippen molar-refractivity contribution in [1.29, 1.82) is 0 Å². The second-order valence-electron chi connectivity index (χ2n) is 5.87. The van der Waals surface area contributed by atoms with Gasteiger partial charge in [-0.15, -0.1) is 0 Å². The summed E-state index contributed by atoms with van der Waals surface area (Å²) < 4.78 is 15.6. The fourth-order valence-electron chi connectivity index (χ4n) is 2.56. The minimum absolute atomic E-state index is 0.174. The third kappa shape index (κ3) is 5.07. The number of benzene rings is 2. The van der Waals surface area contributed by atoms with Gasteiger partial charge in [0.15, 0.2) is 5.82 Å². The zero-order chi connectivity index (χ0) is 19.1. The molecule has 3 rings (SSSR count). The van der Waals surface area contributed by atoms with Gasteiger partial charge in [-0.1, -0.05) is 35.5 Å². The van der Waals surface area contributed by atoms with Crippen molar-refractivity contribution in [2.24, 2.45) is 0 Å². The molecule has 0 aliphatic carbocycles. The van der Waals surface area contributed by atoms with Crippen LogP contribution in [0.5, 0.6) is 11.5 Å². The van der Waals surface area contributed by atoms with E-state index in [-0.39, 0.29) is 12.5 Å². The summed E-state index contributed by atoms with van der Waals surface area (Å²) in [6, 6.07) is 15.1. The van der Waals surface area contributed by atoms with E-state index < -0.39 is 0 Å². The maximum atomic E-state index is 12.4. The zero-order valence-corrected chi connectivity index (χ0v) is 15.3. The van der Waals surface area contributed by atoms with Crippen molar-refractivity contribution in [1.82, 2.24) is 15.5 Å². The molecular formula is C20H21N3O4. The van der Waals surface area contributed by atoms with Crippen molar-refractivity contribution >= 4 is 5.91 Å². The van der Waals surface area contributed by atoms with Crippen LogP contribution in [0.25, 0.3) is 0 Å². The van der Waals surface area contributed by atoms with Crippen LogP contribution < -0.4 is 14.8 Å². The molecule has 1 aromatic heterocycles. The highest BCUT2D eigenvalue weighted by atomic mass is 16.5. The third-order valence-electron chi connectivity index (χ3n) is 4.00. The van der Waals surface area contributed by atoms with Crippen molar-refractivity contribution < 1.29 is 18.8 Å². The van der Waals surface area contributed by atoms with Gasteiger partial charge in [-0.25, -0.2) is 0 Å². The molecule has 1 amide bonds. The Balaban J connectivity index is 1.56. The second kappa shape index (κ2) is 8.84. The Morgan fingerprint density at radius 1 is 1.04 bits per heavy atom. The number of amides is 1. The summed E-state index contributed by atoms with van der Waals surface area (Å²) in [6.07, 6.45) is 1.47. The van der Waals surface area contributed by atoms with Gasteiger partial charge in [0.2, 0.25) is 5.89 Å². The number of hydrogen-bond donors (Lipinski definition) is 1. The molecule has 0 atom stereocenters. The molecule has 1 N–H and O–H groups in total. The van der Waals surface area contributed by atoms with Crippen LogP contribution in [0, 0.1) is 0 Å². The van der Waals surface area contributed by atoms with E-state index in [9.17, 15) is 4.79 Å². The lowest BCUT2D eigenvalue weighted by Gasteiger charge is -2.08. The van der Waals surface area contributed by atoms with E-state index in [1.807, 2.05) is 18.2 Å². The van der Waals surface area contributed by atoms with Crippen molar-refractivity contribution in [2.45, 2.75) is 19.4 Å². The van der Waals surface area contributed by atoms with E-state index in [4.69, 9.17) is 14.0 Å². The highest BCUT2D eigenvalue weighted by Crippen LogP contribution is 2.22. The van der Waals surface area contributed by atoms with Crippen LogP contribution in [0.15, 0.2) is 53.1 Å². The van der Waals surface area contributed by atoms with Crippen molar-refractivity contribution in [2.75, 3.05) is 14.2 Å². The Morgan fingerprint density at radius 3 is 2.41 bits per heavy atom. The van der Waals surface area contributed by atoms with E-state index in [0.717, 1.165) is 6.42 Å². The molecule has 0 fully saturated rings. The fraction of sp³-hybridized carbons (Fsp3) is 0.250. The number of aromatic nitrogens is 2. The molecule has 1 heterocycles. The molecule has 0 spiro atoms. The highest BCUT2D eigenvalue weighted by Gasteiger charge is 2.12. The van der Waals surface area contributed by atoms with Gasteiger partial charge in [0.05, 0.1) is 20.8 Å². The Bertz CT molecular complexity index is 871. The van der Waals surface area contributed by atoms with Gasteiger partial charge >= 0.3 is 0 Å². The van der Waals surface area contributed by atoms with E-state index >= 15 is 0 Å². The van der Waals surface area contributed by atoms with Gasteiger partial charge in [-0.2, -0.15) is 4.98 Å². The summed E-state index contributed by atoms with van der Waals surface area (Å²) in [6.45, 7) is 0.174. The van der Waals surface area contributed by atoms with Crippen LogP contribution in [0.2, 0.25) is 0 Å². The standard InChI is InChI=1S/C20H21N3O4/c1-25-16-10-15(11-17(12-16)26-2)20(24)21-13-18-22-19(27-23-18)9-8-14-6-4-3-5-7-14/h3-7,10-12H,8-9,13H2,1-2H3,(H,21,24). The number of hydrogen-bond acceptors (Lipinski definition) is 6. The van der Waals surface area contributed by atoms with Gasteiger partial charge in [0.25, 0.3) is 5.91 Å². The molecular weight excluding hydrogens is 346 g/mol. The summed E-state index contributed by atoms with van der Waals surface area (Å²) in [4.78, 5) is 16.7. The number of nitrogens with one attached hydrogen (secondary N) is 1. The van der Waals surface area contributed by atoms with Crippen molar-refractivity contribution in [3.05, 3.63) is 71.4 Å². The van der Waals surface area contributed by atoms with Crippen molar-refractivity contribution in [3.63, 3.8) is 0 Å². The summed E-state index contributed by atoms with van der Waals surface area (Å²) in [7, 11) is 3.07. The van der Waals surface area contributed by atoms with Crippen LogP contribution in [-0.4, -0.2) is 30.3 Å². The molecule has 0 bridgehead atoms. The molecule has 3 aromatic rings. The number of carbonyl (C=O) groups excluding carboxylic acids is 1. The van der Waals surface area contributed by atoms with Gasteiger partial charge < -0.3 is 19.3 Å². The molecule has 0 aliphatic heterocycles. The Morgan fingerprint density at radius 2 is 1.74 bits per heavy atom. The molecule has 7 nitrogen and oxygen atoms in total. The topological polar surface area (TPSA) is 86.5 Å². The smallest absolute Gasteiger partial charge is 0.251 e. The lowest BCUT2D eigenvalue weighted by molar-refractivity contribution is 0.0949. The maximum Gasteiger partial charge on any atom is 0.251 e. The normalized spacial score (nSPS) is 10.4. The molecule has 0 saturated carbocycles. The minimum atomic E-state index is -0.275. The van der Waals surface area contributed by atoms with Gasteiger partial charge in [0.1, 0.15) is 11.5 Å². The first-order chi connectivity index (χ1) is 13.2. The molecule has 0 saturated heterocycles. The van der Waals surface area contributed by atoms with E-state index in [1.165, 1.54) is 19.8 Å². The molecule has 2 aromatic carbocycles. The number of aryl methyl sites for hydroxylation is 2. The monoisotopic (exact) mass is 367 g/mol. The number of methoxy groups -OCH3 is 2. The van der Waals surface area contributed by atoms with Crippen LogP contribution in [0.1, 0.15) is 27.6 Å². The fourth-order valence-corrected chi connectivity index (χ4v) is 2.56. The number of rotatable bonds is 8. The molecule has 7 heteroatoms. The predicted molar refractivity (Wildman–Crippen MR) is 98.9 cm³/mol. The van der Waals surface area contributed by atoms with E-state index in [2.05, 4.69) is 27.6 Å². The lowest BCUT2D eigenvalue weighted by Crippen LogP contribution is -2.23. The SMILES string of the molecule is COc1cc(OC)cc(C(=O)NCc2noc(CCc3ccccc3)n2)c1. The summed E-state index contributed by atoms with van der Waals surface area (Å²) >= 11 is 0. The first-order valence-electron chi connectivity index (χ1n) is 8.54. The van der Waals surface area contributed by atoms with Crippen LogP contribution >= 0.6 is 0 Å². The van der Waals surface area contributed by atoms with Crippen LogP contribution in [-0.2, 0) is 19.4 Å².